The minimum atomic E-state index is -1.00. The van der Waals surface area contributed by atoms with Gasteiger partial charge in [-0.2, -0.15) is 0 Å². The number of carboxylic acids is 1. The highest BCUT2D eigenvalue weighted by Gasteiger charge is 2.33. The molecule has 6 heteroatoms. The number of hydrogen-bond donors (Lipinski definition) is 2. The summed E-state index contributed by atoms with van der Waals surface area (Å²) < 4.78 is 5.45. The number of amides is 1. The minimum Gasteiger partial charge on any atom is -0.481 e. The largest absolute Gasteiger partial charge is 0.481 e. The lowest BCUT2D eigenvalue weighted by molar-refractivity contribution is -0.142. The van der Waals surface area contributed by atoms with E-state index in [-0.39, 0.29) is 18.4 Å². The summed E-state index contributed by atoms with van der Waals surface area (Å²) in [5, 5.41) is 12.2. The van der Waals surface area contributed by atoms with Crippen LogP contribution in [0, 0.1) is 5.92 Å². The molecule has 1 saturated heterocycles. The molecule has 20 heavy (non-hydrogen) atoms. The van der Waals surface area contributed by atoms with Gasteiger partial charge in [0.2, 0.25) is 5.91 Å². The molecule has 2 atom stereocenters. The number of carbonyl (C=O) groups excluding carboxylic acids is 1. The number of ether oxygens (including phenoxy) is 1. The average Bonchev–Trinajstić information content (AvgIpc) is 2.92. The van der Waals surface area contributed by atoms with Crippen molar-refractivity contribution in [1.82, 2.24) is 0 Å². The molecule has 0 aromatic heterocycles. The first-order valence-corrected chi connectivity index (χ1v) is 6.84. The van der Waals surface area contributed by atoms with Gasteiger partial charge >= 0.3 is 5.97 Å². The van der Waals surface area contributed by atoms with Crippen LogP contribution in [-0.4, -0.2) is 29.7 Å². The Balaban J connectivity index is 2.05. The summed E-state index contributed by atoms with van der Waals surface area (Å²) >= 11 is 5.77. The predicted molar refractivity (Wildman–Crippen MR) is 74.8 cm³/mol. The molecule has 2 rings (SSSR count). The third kappa shape index (κ3) is 3.95. The zero-order valence-corrected chi connectivity index (χ0v) is 11.6. The maximum atomic E-state index is 12.2. The molecule has 1 aromatic carbocycles. The summed E-state index contributed by atoms with van der Waals surface area (Å²) in [6, 6.07) is 6.67. The maximum Gasteiger partial charge on any atom is 0.304 e. The summed E-state index contributed by atoms with van der Waals surface area (Å²) in [5.74, 6) is -2.01. The number of nitrogens with one attached hydrogen (secondary N) is 1. The number of benzene rings is 1. The first-order chi connectivity index (χ1) is 9.56. The van der Waals surface area contributed by atoms with E-state index in [4.69, 9.17) is 21.4 Å². The maximum absolute atomic E-state index is 12.2. The molecule has 1 aliphatic rings. The van der Waals surface area contributed by atoms with Crippen molar-refractivity contribution in [2.24, 2.45) is 5.92 Å². The van der Waals surface area contributed by atoms with Crippen molar-refractivity contribution >= 4 is 29.2 Å². The summed E-state index contributed by atoms with van der Waals surface area (Å²) in [7, 11) is 0. The van der Waals surface area contributed by atoms with Crippen LogP contribution in [-0.2, 0) is 14.3 Å². The second-order valence-corrected chi connectivity index (χ2v) is 5.19. The van der Waals surface area contributed by atoms with E-state index in [0.717, 1.165) is 6.42 Å². The van der Waals surface area contributed by atoms with Crippen molar-refractivity contribution < 1.29 is 19.4 Å². The quantitative estimate of drug-likeness (QED) is 0.876. The van der Waals surface area contributed by atoms with Gasteiger partial charge < -0.3 is 15.2 Å². The van der Waals surface area contributed by atoms with E-state index in [2.05, 4.69) is 5.32 Å². The SMILES string of the molecule is O=C(O)CC(C(=O)Nc1ccc(Cl)cc1)C1CCCO1. The number of carbonyl (C=O) groups is 2. The monoisotopic (exact) mass is 297 g/mol. The lowest BCUT2D eigenvalue weighted by atomic mass is 9.95. The molecule has 2 unspecified atom stereocenters. The highest BCUT2D eigenvalue weighted by molar-refractivity contribution is 6.30. The molecule has 0 aliphatic carbocycles. The molecule has 0 spiro atoms. The molecule has 108 valence electrons. The normalized spacial score (nSPS) is 19.6. The standard InChI is InChI=1S/C14H16ClNO4/c15-9-3-5-10(6-4-9)16-14(19)11(8-13(17)18)12-2-1-7-20-12/h3-6,11-12H,1-2,7-8H2,(H,16,19)(H,17,18). The van der Waals surface area contributed by atoms with E-state index >= 15 is 0 Å². The van der Waals surface area contributed by atoms with Crippen molar-refractivity contribution in [3.05, 3.63) is 29.3 Å². The fraction of sp³-hybridized carbons (Fsp3) is 0.429. The minimum absolute atomic E-state index is 0.232. The molecule has 0 bridgehead atoms. The number of halogens is 1. The van der Waals surface area contributed by atoms with E-state index < -0.39 is 11.9 Å². The van der Waals surface area contributed by atoms with Crippen molar-refractivity contribution in [3.8, 4) is 0 Å². The third-order valence-corrected chi connectivity index (χ3v) is 3.51. The molecule has 1 heterocycles. The smallest absolute Gasteiger partial charge is 0.304 e. The highest BCUT2D eigenvalue weighted by atomic mass is 35.5. The van der Waals surface area contributed by atoms with E-state index in [1.54, 1.807) is 24.3 Å². The van der Waals surface area contributed by atoms with Gasteiger partial charge in [0.1, 0.15) is 0 Å². The predicted octanol–water partition coefficient (Wildman–Crippen LogP) is 2.55. The zero-order chi connectivity index (χ0) is 14.5. The van der Waals surface area contributed by atoms with Gasteiger partial charge in [-0.15, -0.1) is 0 Å². The Bertz CT molecular complexity index is 482. The van der Waals surface area contributed by atoms with Crippen molar-refractivity contribution in [3.63, 3.8) is 0 Å². The molecule has 1 fully saturated rings. The molecule has 1 aliphatic heterocycles. The van der Waals surface area contributed by atoms with Crippen LogP contribution < -0.4 is 5.32 Å². The summed E-state index contributed by atoms with van der Waals surface area (Å²) in [6.07, 6.45) is 1.02. The van der Waals surface area contributed by atoms with Gasteiger partial charge in [-0.1, -0.05) is 11.6 Å². The fourth-order valence-corrected chi connectivity index (χ4v) is 2.40. The summed E-state index contributed by atoms with van der Waals surface area (Å²) in [6.45, 7) is 0.578. The van der Waals surface area contributed by atoms with E-state index in [9.17, 15) is 9.59 Å². The molecular weight excluding hydrogens is 282 g/mol. The van der Waals surface area contributed by atoms with Crippen molar-refractivity contribution in [2.45, 2.75) is 25.4 Å². The molecule has 0 saturated carbocycles. The van der Waals surface area contributed by atoms with E-state index in [1.807, 2.05) is 0 Å². The number of aliphatic carboxylic acids is 1. The molecule has 1 amide bonds. The van der Waals surface area contributed by atoms with Gasteiger partial charge in [-0.25, -0.2) is 0 Å². The van der Waals surface area contributed by atoms with Gasteiger partial charge in [-0.3, -0.25) is 9.59 Å². The summed E-state index contributed by atoms with van der Waals surface area (Å²) in [5.41, 5.74) is 0.591. The number of anilines is 1. The van der Waals surface area contributed by atoms with Gasteiger partial charge in [-0.05, 0) is 37.1 Å². The van der Waals surface area contributed by atoms with Gasteiger partial charge in [0, 0.05) is 17.3 Å². The number of hydrogen-bond acceptors (Lipinski definition) is 3. The fourth-order valence-electron chi connectivity index (χ4n) is 2.27. The number of carboxylic acid groups (broad SMARTS) is 1. The van der Waals surface area contributed by atoms with Crippen LogP contribution >= 0.6 is 11.6 Å². The van der Waals surface area contributed by atoms with Crippen LogP contribution in [0.25, 0.3) is 0 Å². The average molecular weight is 298 g/mol. The second-order valence-electron chi connectivity index (χ2n) is 4.75. The van der Waals surface area contributed by atoms with Crippen molar-refractivity contribution in [2.75, 3.05) is 11.9 Å². The Kier molecular flexibility index (Phi) is 4.98. The zero-order valence-electron chi connectivity index (χ0n) is 10.8. The molecule has 2 N–H and O–H groups in total. The Morgan fingerprint density at radius 2 is 2.10 bits per heavy atom. The Morgan fingerprint density at radius 1 is 1.40 bits per heavy atom. The van der Waals surface area contributed by atoms with E-state index in [0.29, 0.717) is 23.7 Å². The highest BCUT2D eigenvalue weighted by Crippen LogP contribution is 2.25. The van der Waals surface area contributed by atoms with Crippen molar-refractivity contribution in [1.29, 1.82) is 0 Å². The first-order valence-electron chi connectivity index (χ1n) is 6.46. The molecule has 5 nitrogen and oxygen atoms in total. The number of rotatable bonds is 5. The van der Waals surface area contributed by atoms with Gasteiger partial charge in [0.05, 0.1) is 18.4 Å². The van der Waals surface area contributed by atoms with Crippen LogP contribution in [0.5, 0.6) is 0 Å². The Labute approximate surface area is 121 Å². The second kappa shape index (κ2) is 6.72. The molecule has 0 radical (unpaired) electrons. The summed E-state index contributed by atoms with van der Waals surface area (Å²) in [4.78, 5) is 23.1. The lowest BCUT2D eigenvalue weighted by Crippen LogP contribution is -2.34. The van der Waals surface area contributed by atoms with Crippen LogP contribution in [0.15, 0.2) is 24.3 Å². The van der Waals surface area contributed by atoms with Gasteiger partial charge in [0.25, 0.3) is 0 Å². The lowest BCUT2D eigenvalue weighted by Gasteiger charge is -2.20. The Morgan fingerprint density at radius 3 is 2.65 bits per heavy atom. The third-order valence-electron chi connectivity index (χ3n) is 3.26. The molecular formula is C14H16ClNO4. The van der Waals surface area contributed by atoms with E-state index in [1.165, 1.54) is 0 Å². The first kappa shape index (κ1) is 14.8. The van der Waals surface area contributed by atoms with Crippen LogP contribution in [0.1, 0.15) is 19.3 Å². The van der Waals surface area contributed by atoms with Gasteiger partial charge in [0.15, 0.2) is 0 Å². The van der Waals surface area contributed by atoms with Crippen LogP contribution in [0.2, 0.25) is 5.02 Å². The van der Waals surface area contributed by atoms with Crippen LogP contribution in [0.3, 0.4) is 0 Å². The molecule has 1 aromatic rings. The topological polar surface area (TPSA) is 75.6 Å². The van der Waals surface area contributed by atoms with Crippen LogP contribution in [0.4, 0.5) is 5.69 Å². The Hall–Kier alpha value is -1.59.